The van der Waals surface area contributed by atoms with Gasteiger partial charge >= 0.3 is 5.97 Å². The summed E-state index contributed by atoms with van der Waals surface area (Å²) in [5, 5.41) is 0. The summed E-state index contributed by atoms with van der Waals surface area (Å²) in [5.74, 6) is -1.44. The van der Waals surface area contributed by atoms with Crippen LogP contribution >= 0.6 is 0 Å². The number of halogens is 1. The lowest BCUT2D eigenvalue weighted by atomic mass is 10.1. The van der Waals surface area contributed by atoms with E-state index in [9.17, 15) is 17.6 Å². The van der Waals surface area contributed by atoms with Crippen LogP contribution in [0.5, 0.6) is 0 Å². The van der Waals surface area contributed by atoms with E-state index in [0.29, 0.717) is 0 Å². The van der Waals surface area contributed by atoms with Gasteiger partial charge in [0.2, 0.25) is 10.0 Å². The molecule has 2 unspecified atom stereocenters. The van der Waals surface area contributed by atoms with Crippen molar-refractivity contribution in [3.05, 3.63) is 41.7 Å². The van der Waals surface area contributed by atoms with Crippen molar-refractivity contribution in [1.29, 1.82) is 0 Å². The molecule has 0 saturated carbocycles. The number of hydrogen-bond acceptors (Lipinski definition) is 5. The summed E-state index contributed by atoms with van der Waals surface area (Å²) in [7, 11) is -6.54. The number of carbonyl (C=O) groups is 1. The second-order valence-electron chi connectivity index (χ2n) is 7.32. The number of aryl methyl sites for hydroxylation is 1. The fraction of sp³-hybridized carbons (Fsp3) is 0.500. The highest BCUT2D eigenvalue weighted by Gasteiger charge is 2.47. The van der Waals surface area contributed by atoms with Gasteiger partial charge in [-0.15, -0.1) is 0 Å². The Kier molecular flexibility index (Phi) is 6.62. The zero-order chi connectivity index (χ0) is 20.4. The Hall–Kier alpha value is -1.55. The lowest BCUT2D eigenvalue weighted by Gasteiger charge is -2.39. The average Bonchev–Trinajstić information content (AvgIpc) is 2.55. The summed E-state index contributed by atoms with van der Waals surface area (Å²) < 4.78 is 53.0. The number of nitrogens with zero attached hydrogens (tertiary/aromatic N) is 1. The molecule has 0 amide bonds. The van der Waals surface area contributed by atoms with Gasteiger partial charge in [0.05, 0.1) is 11.5 Å². The van der Waals surface area contributed by atoms with Crippen LogP contribution in [0.1, 0.15) is 18.9 Å². The van der Waals surface area contributed by atoms with E-state index in [1.807, 2.05) is 26.6 Å². The van der Waals surface area contributed by atoms with Gasteiger partial charge in [-0.3, -0.25) is 4.79 Å². The van der Waals surface area contributed by atoms with Crippen LogP contribution in [0.15, 0.2) is 41.1 Å². The standard InChI is InChI=1S/C18H26FNO5SSi/c1-6-24-18(21)16-12-11-15(19)17(25-27(3,4)5)20(16)26(22,23)14-9-7-13(2)8-10-14/h7-11,16-17H,6,12H2,1-5H3. The van der Waals surface area contributed by atoms with Crippen LogP contribution in [0.3, 0.4) is 0 Å². The maximum absolute atomic E-state index is 14.7. The highest BCUT2D eigenvalue weighted by atomic mass is 32.2. The predicted octanol–water partition coefficient (Wildman–Crippen LogP) is 3.35. The zero-order valence-corrected chi connectivity index (χ0v) is 18.0. The van der Waals surface area contributed by atoms with Gasteiger partial charge in [-0.1, -0.05) is 17.7 Å². The fourth-order valence-corrected chi connectivity index (χ4v) is 5.32. The first-order valence-electron chi connectivity index (χ1n) is 8.77. The Morgan fingerprint density at radius 1 is 1.26 bits per heavy atom. The monoisotopic (exact) mass is 415 g/mol. The van der Waals surface area contributed by atoms with Crippen molar-refractivity contribution in [2.45, 2.75) is 57.1 Å². The molecule has 1 aromatic rings. The minimum atomic E-state index is -4.20. The maximum atomic E-state index is 14.7. The summed E-state index contributed by atoms with van der Waals surface area (Å²) in [4.78, 5) is 12.4. The molecule has 150 valence electrons. The molecule has 0 aliphatic carbocycles. The third-order valence-electron chi connectivity index (χ3n) is 3.93. The number of esters is 1. The van der Waals surface area contributed by atoms with E-state index in [2.05, 4.69) is 0 Å². The molecule has 0 spiro atoms. The Balaban J connectivity index is 2.57. The molecule has 1 heterocycles. The highest BCUT2D eigenvalue weighted by Crippen LogP contribution is 2.33. The molecule has 2 atom stereocenters. The van der Waals surface area contributed by atoms with Gasteiger partial charge in [0, 0.05) is 0 Å². The van der Waals surface area contributed by atoms with Crippen molar-refractivity contribution in [3.63, 3.8) is 0 Å². The normalized spacial score (nSPS) is 21.6. The van der Waals surface area contributed by atoms with Crippen LogP contribution in [0, 0.1) is 6.92 Å². The number of ether oxygens (including phenoxy) is 1. The molecule has 0 fully saturated rings. The minimum absolute atomic E-state index is 0.0266. The molecule has 0 saturated heterocycles. The quantitative estimate of drug-likeness (QED) is 0.526. The molecule has 6 nitrogen and oxygen atoms in total. The molecule has 0 N–H and O–H groups in total. The van der Waals surface area contributed by atoms with E-state index < -0.39 is 42.4 Å². The summed E-state index contributed by atoms with van der Waals surface area (Å²) >= 11 is 0. The topological polar surface area (TPSA) is 72.9 Å². The first-order valence-corrected chi connectivity index (χ1v) is 13.6. The number of carbonyl (C=O) groups excluding carboxylic acids is 1. The fourth-order valence-electron chi connectivity index (χ4n) is 2.72. The van der Waals surface area contributed by atoms with E-state index >= 15 is 0 Å². The maximum Gasteiger partial charge on any atom is 0.324 e. The van der Waals surface area contributed by atoms with Crippen LogP contribution in [0.4, 0.5) is 4.39 Å². The molecule has 27 heavy (non-hydrogen) atoms. The number of hydrogen-bond donors (Lipinski definition) is 0. The predicted molar refractivity (Wildman–Crippen MR) is 103 cm³/mol. The Morgan fingerprint density at radius 2 is 1.85 bits per heavy atom. The molecule has 1 aliphatic rings. The molecule has 0 aromatic heterocycles. The third kappa shape index (κ3) is 5.04. The number of sulfonamides is 1. The molecule has 1 aromatic carbocycles. The third-order valence-corrected chi connectivity index (χ3v) is 6.73. The largest absolute Gasteiger partial charge is 0.465 e. The van der Waals surface area contributed by atoms with E-state index in [-0.39, 0.29) is 17.9 Å². The highest BCUT2D eigenvalue weighted by molar-refractivity contribution is 7.89. The molecule has 2 rings (SSSR count). The van der Waals surface area contributed by atoms with Crippen LogP contribution in [0.2, 0.25) is 19.6 Å². The van der Waals surface area contributed by atoms with Crippen molar-refractivity contribution in [2.75, 3.05) is 6.61 Å². The second-order valence-corrected chi connectivity index (χ2v) is 13.6. The van der Waals surface area contributed by atoms with Gasteiger partial charge < -0.3 is 9.16 Å². The minimum Gasteiger partial charge on any atom is -0.465 e. The Bertz CT molecular complexity index is 817. The number of benzene rings is 1. The molecule has 9 heteroatoms. The van der Waals surface area contributed by atoms with Crippen molar-refractivity contribution in [1.82, 2.24) is 4.31 Å². The number of rotatable bonds is 6. The second kappa shape index (κ2) is 8.22. The van der Waals surface area contributed by atoms with Crippen molar-refractivity contribution >= 4 is 24.3 Å². The molecular formula is C18H26FNO5SSi. The lowest BCUT2D eigenvalue weighted by molar-refractivity contribution is -0.150. The first kappa shape index (κ1) is 21.7. The van der Waals surface area contributed by atoms with Gasteiger partial charge in [0.25, 0.3) is 0 Å². The van der Waals surface area contributed by atoms with Gasteiger partial charge in [-0.25, -0.2) is 12.8 Å². The summed E-state index contributed by atoms with van der Waals surface area (Å²) in [5.41, 5.74) is 0.885. The zero-order valence-electron chi connectivity index (χ0n) is 16.2. The Labute approximate surface area is 161 Å². The summed E-state index contributed by atoms with van der Waals surface area (Å²) in [6, 6.07) is 4.99. The van der Waals surface area contributed by atoms with Crippen LogP contribution in [-0.4, -0.2) is 45.9 Å². The van der Waals surface area contributed by atoms with Crippen LogP contribution in [0.25, 0.3) is 0 Å². The molecular weight excluding hydrogens is 389 g/mol. The Morgan fingerprint density at radius 3 is 2.37 bits per heavy atom. The SMILES string of the molecule is CCOC(=O)C1CC=C(F)C(O[Si](C)(C)C)N1S(=O)(=O)c1ccc(C)cc1. The van der Waals surface area contributed by atoms with Crippen LogP contribution < -0.4 is 0 Å². The molecule has 0 radical (unpaired) electrons. The van der Waals surface area contributed by atoms with Crippen molar-refractivity contribution in [3.8, 4) is 0 Å². The van der Waals surface area contributed by atoms with Gasteiger partial charge in [0.1, 0.15) is 11.9 Å². The average molecular weight is 416 g/mol. The van der Waals surface area contributed by atoms with Crippen molar-refractivity contribution in [2.24, 2.45) is 0 Å². The van der Waals surface area contributed by atoms with E-state index in [1.54, 1.807) is 19.1 Å². The van der Waals surface area contributed by atoms with Gasteiger partial charge in [0.15, 0.2) is 14.5 Å². The first-order chi connectivity index (χ1) is 12.5. The van der Waals surface area contributed by atoms with Gasteiger partial charge in [-0.2, -0.15) is 4.31 Å². The summed E-state index contributed by atoms with van der Waals surface area (Å²) in [6.45, 7) is 9.03. The van der Waals surface area contributed by atoms with E-state index in [4.69, 9.17) is 9.16 Å². The van der Waals surface area contributed by atoms with Gasteiger partial charge in [-0.05, 0) is 58.1 Å². The van der Waals surface area contributed by atoms with Crippen molar-refractivity contribution < 1.29 is 26.8 Å². The lowest BCUT2D eigenvalue weighted by Crippen LogP contribution is -2.56. The molecule has 0 bridgehead atoms. The van der Waals surface area contributed by atoms with E-state index in [0.717, 1.165) is 9.87 Å². The smallest absolute Gasteiger partial charge is 0.324 e. The summed E-state index contributed by atoms with van der Waals surface area (Å²) in [6.07, 6.45) is -0.388. The van der Waals surface area contributed by atoms with Crippen LogP contribution in [-0.2, 0) is 24.0 Å². The molecule has 1 aliphatic heterocycles. The van der Waals surface area contributed by atoms with E-state index in [1.165, 1.54) is 18.2 Å².